The number of aryl methyl sites for hydroxylation is 1. The quantitative estimate of drug-likeness (QED) is 0.759. The number of amides is 1. The molecule has 120 valence electrons. The molecule has 3 rings (SSSR count). The molecule has 2 aromatic heterocycles. The molecule has 0 saturated carbocycles. The van der Waals surface area contributed by atoms with Gasteiger partial charge in [0.05, 0.1) is 23.1 Å². The first-order valence-corrected chi connectivity index (χ1v) is 8.76. The van der Waals surface area contributed by atoms with E-state index >= 15 is 0 Å². The minimum absolute atomic E-state index is 0.114. The minimum atomic E-state index is -0.185. The number of hydrogen-bond acceptors (Lipinski definition) is 7. The fraction of sp³-hybridized carbons (Fsp3) is 0.333. The molecule has 1 amide bonds. The number of rotatable bonds is 5. The van der Waals surface area contributed by atoms with Gasteiger partial charge >= 0.3 is 0 Å². The van der Waals surface area contributed by atoms with E-state index in [2.05, 4.69) is 19.0 Å². The lowest BCUT2D eigenvalue weighted by Gasteiger charge is -2.06. The van der Waals surface area contributed by atoms with Crippen LogP contribution in [-0.2, 0) is 4.74 Å². The van der Waals surface area contributed by atoms with Crippen LogP contribution in [-0.4, -0.2) is 26.2 Å². The van der Waals surface area contributed by atoms with E-state index in [-0.39, 0.29) is 12.0 Å². The van der Waals surface area contributed by atoms with Crippen LogP contribution in [0.2, 0.25) is 0 Å². The Hall–Kier alpha value is -1.90. The highest BCUT2D eigenvalue weighted by Crippen LogP contribution is 2.27. The van der Waals surface area contributed by atoms with Crippen LogP contribution < -0.4 is 5.32 Å². The number of carbonyl (C=O) groups excluding carboxylic acids is 1. The largest absolute Gasteiger partial charge is 0.372 e. The van der Waals surface area contributed by atoms with E-state index in [0.717, 1.165) is 22.3 Å². The highest BCUT2D eigenvalue weighted by atomic mass is 32.1. The Labute approximate surface area is 141 Å². The Bertz CT molecular complexity index is 843. The first-order chi connectivity index (χ1) is 11.1. The van der Waals surface area contributed by atoms with E-state index in [1.807, 2.05) is 39.0 Å². The molecule has 0 spiro atoms. The van der Waals surface area contributed by atoms with Gasteiger partial charge < -0.3 is 10.1 Å². The lowest BCUT2D eigenvalue weighted by Crippen LogP contribution is -2.11. The van der Waals surface area contributed by atoms with Crippen molar-refractivity contribution in [2.75, 3.05) is 11.9 Å². The Morgan fingerprint density at radius 2 is 2.22 bits per heavy atom. The monoisotopic (exact) mass is 348 g/mol. The van der Waals surface area contributed by atoms with Gasteiger partial charge in [-0.05, 0) is 32.9 Å². The fourth-order valence-corrected chi connectivity index (χ4v) is 3.72. The van der Waals surface area contributed by atoms with Gasteiger partial charge in [0.25, 0.3) is 5.91 Å². The maximum atomic E-state index is 12.6. The third-order valence-corrected chi connectivity index (χ3v) is 5.18. The molecule has 6 nitrogen and oxygen atoms in total. The summed E-state index contributed by atoms with van der Waals surface area (Å²) < 4.78 is 13.9. The predicted octanol–water partition coefficient (Wildman–Crippen LogP) is 3.81. The molecule has 0 radical (unpaired) electrons. The van der Waals surface area contributed by atoms with Gasteiger partial charge in [-0.2, -0.15) is 8.75 Å². The maximum absolute atomic E-state index is 12.6. The van der Waals surface area contributed by atoms with Crippen LogP contribution in [0.1, 0.15) is 40.3 Å². The number of thiazole rings is 1. The number of nitrogens with one attached hydrogen (secondary N) is 1. The molecule has 1 aromatic carbocycles. The first kappa shape index (κ1) is 16.0. The Balaban J connectivity index is 1.85. The van der Waals surface area contributed by atoms with E-state index in [4.69, 9.17) is 4.74 Å². The molecule has 23 heavy (non-hydrogen) atoms. The zero-order valence-electron chi connectivity index (χ0n) is 13.0. The number of ether oxygens (including phenoxy) is 1. The van der Waals surface area contributed by atoms with Crippen LogP contribution in [0.25, 0.3) is 11.0 Å². The van der Waals surface area contributed by atoms with E-state index < -0.39 is 0 Å². The molecule has 0 aliphatic heterocycles. The fourth-order valence-electron chi connectivity index (χ4n) is 2.21. The summed E-state index contributed by atoms with van der Waals surface area (Å²) in [6.07, 6.45) is -0.114. The average Bonchev–Trinajstić information content (AvgIpc) is 3.14. The molecule has 2 heterocycles. The standard InChI is InChI=1S/C15H16N4O2S2/c1-4-21-9(3)15-16-8(2)13(22-15)14(20)17-10-6-5-7-11-12(10)19-23-18-11/h5-7,9H,4H2,1-3H3,(H,17,20). The summed E-state index contributed by atoms with van der Waals surface area (Å²) in [5.74, 6) is -0.185. The highest BCUT2D eigenvalue weighted by molar-refractivity contribution is 7.14. The topological polar surface area (TPSA) is 77.0 Å². The van der Waals surface area contributed by atoms with Crippen molar-refractivity contribution in [1.29, 1.82) is 0 Å². The molecular formula is C15H16N4O2S2. The molecule has 3 aromatic rings. The maximum Gasteiger partial charge on any atom is 0.267 e. The van der Waals surface area contributed by atoms with Gasteiger partial charge in [0, 0.05) is 6.61 Å². The number of anilines is 1. The second-order valence-corrected chi connectivity index (χ2v) is 6.51. The van der Waals surface area contributed by atoms with E-state index in [1.165, 1.54) is 11.3 Å². The lowest BCUT2D eigenvalue weighted by atomic mass is 10.2. The van der Waals surface area contributed by atoms with Gasteiger partial charge in [0.15, 0.2) is 0 Å². The van der Waals surface area contributed by atoms with Crippen molar-refractivity contribution < 1.29 is 9.53 Å². The van der Waals surface area contributed by atoms with Crippen molar-refractivity contribution in [1.82, 2.24) is 13.7 Å². The van der Waals surface area contributed by atoms with Crippen molar-refractivity contribution in [3.8, 4) is 0 Å². The van der Waals surface area contributed by atoms with Crippen molar-refractivity contribution >= 4 is 45.7 Å². The van der Waals surface area contributed by atoms with Gasteiger partial charge in [-0.1, -0.05) is 6.07 Å². The summed E-state index contributed by atoms with van der Waals surface area (Å²) in [5.41, 5.74) is 2.85. The van der Waals surface area contributed by atoms with Crippen molar-refractivity contribution in [3.63, 3.8) is 0 Å². The summed E-state index contributed by atoms with van der Waals surface area (Å²) in [5, 5.41) is 3.72. The predicted molar refractivity (Wildman–Crippen MR) is 92.3 cm³/mol. The molecular weight excluding hydrogens is 332 g/mol. The SMILES string of the molecule is CCOC(C)c1nc(C)c(C(=O)Nc2cccc3nsnc23)s1. The van der Waals surface area contributed by atoms with Gasteiger partial charge in [-0.25, -0.2) is 4.98 Å². The smallest absolute Gasteiger partial charge is 0.267 e. The Morgan fingerprint density at radius 3 is 3.00 bits per heavy atom. The van der Waals surface area contributed by atoms with Gasteiger partial charge in [0.1, 0.15) is 27.0 Å². The van der Waals surface area contributed by atoms with Crippen molar-refractivity contribution in [2.24, 2.45) is 0 Å². The van der Waals surface area contributed by atoms with Crippen molar-refractivity contribution in [3.05, 3.63) is 33.8 Å². The molecule has 0 aliphatic carbocycles. The van der Waals surface area contributed by atoms with Crippen LogP contribution in [0.5, 0.6) is 0 Å². The average molecular weight is 348 g/mol. The summed E-state index contributed by atoms with van der Waals surface area (Å²) in [4.78, 5) is 17.6. The van der Waals surface area contributed by atoms with Crippen LogP contribution in [0.4, 0.5) is 5.69 Å². The molecule has 0 bridgehead atoms. The van der Waals surface area contributed by atoms with E-state index in [9.17, 15) is 4.79 Å². The molecule has 8 heteroatoms. The molecule has 1 N–H and O–H groups in total. The van der Waals surface area contributed by atoms with Crippen LogP contribution in [0, 0.1) is 6.92 Å². The lowest BCUT2D eigenvalue weighted by molar-refractivity contribution is 0.0761. The number of carbonyl (C=O) groups is 1. The first-order valence-electron chi connectivity index (χ1n) is 7.21. The van der Waals surface area contributed by atoms with E-state index in [0.29, 0.717) is 28.4 Å². The van der Waals surface area contributed by atoms with Crippen LogP contribution in [0.15, 0.2) is 18.2 Å². The zero-order chi connectivity index (χ0) is 16.4. The Kier molecular flexibility index (Phi) is 4.65. The third-order valence-electron chi connectivity index (χ3n) is 3.32. The molecule has 1 unspecified atom stereocenters. The minimum Gasteiger partial charge on any atom is -0.372 e. The molecule has 1 atom stereocenters. The number of fused-ring (bicyclic) bond motifs is 1. The zero-order valence-corrected chi connectivity index (χ0v) is 14.6. The highest BCUT2D eigenvalue weighted by Gasteiger charge is 2.19. The van der Waals surface area contributed by atoms with Gasteiger partial charge in [-0.3, -0.25) is 4.79 Å². The second kappa shape index (κ2) is 6.69. The number of benzene rings is 1. The molecule has 0 saturated heterocycles. The summed E-state index contributed by atoms with van der Waals surface area (Å²) in [6, 6.07) is 5.54. The van der Waals surface area contributed by atoms with Crippen LogP contribution >= 0.6 is 23.1 Å². The van der Waals surface area contributed by atoms with Crippen LogP contribution in [0.3, 0.4) is 0 Å². The number of nitrogens with zero attached hydrogens (tertiary/aromatic N) is 3. The second-order valence-electron chi connectivity index (χ2n) is 4.96. The number of hydrogen-bond donors (Lipinski definition) is 1. The summed E-state index contributed by atoms with van der Waals surface area (Å²) in [6.45, 7) is 6.32. The summed E-state index contributed by atoms with van der Waals surface area (Å²) in [7, 11) is 0. The van der Waals surface area contributed by atoms with E-state index in [1.54, 1.807) is 0 Å². The van der Waals surface area contributed by atoms with Gasteiger partial charge in [0.2, 0.25) is 0 Å². The summed E-state index contributed by atoms with van der Waals surface area (Å²) >= 11 is 2.49. The Morgan fingerprint density at radius 1 is 1.39 bits per heavy atom. The number of aromatic nitrogens is 3. The van der Waals surface area contributed by atoms with Gasteiger partial charge in [-0.15, -0.1) is 11.3 Å². The van der Waals surface area contributed by atoms with Crippen molar-refractivity contribution in [2.45, 2.75) is 26.9 Å². The normalized spacial score (nSPS) is 12.5. The molecule has 0 fully saturated rings. The third kappa shape index (κ3) is 3.24. The molecule has 0 aliphatic rings.